The van der Waals surface area contributed by atoms with Crippen molar-refractivity contribution in [1.29, 1.82) is 0 Å². The number of methoxy groups -OCH3 is 1. The molecule has 0 radical (unpaired) electrons. The van der Waals surface area contributed by atoms with E-state index in [0.717, 1.165) is 30.4 Å². The summed E-state index contributed by atoms with van der Waals surface area (Å²) < 4.78 is 43.9. The number of carbonyl (C=O) groups excluding carboxylic acids is 1. The first kappa shape index (κ1) is 23.9. The minimum absolute atomic E-state index is 0.0577. The number of rotatable bonds is 7. The number of aryl methyl sites for hydroxylation is 1. The van der Waals surface area contributed by atoms with Crippen LogP contribution in [0.15, 0.2) is 51.9 Å². The Hall–Kier alpha value is -3.24. The maximum atomic E-state index is 13.4. The minimum atomic E-state index is -3.85. The fourth-order valence-corrected chi connectivity index (χ4v) is 5.79. The van der Waals surface area contributed by atoms with Gasteiger partial charge in [0.25, 0.3) is 5.89 Å². The summed E-state index contributed by atoms with van der Waals surface area (Å²) in [5.74, 6) is -0.0122. The monoisotopic (exact) mass is 485 g/mol. The molecule has 4 rings (SSSR count). The van der Waals surface area contributed by atoms with Crippen LogP contribution in [-0.2, 0) is 21.4 Å². The number of esters is 1. The number of hydrogen-bond acceptors (Lipinski definition) is 8. The molecule has 1 unspecified atom stereocenters. The molecule has 1 fully saturated rings. The van der Waals surface area contributed by atoms with Crippen LogP contribution in [-0.4, -0.2) is 48.5 Å². The molecule has 2 aromatic carbocycles. The van der Waals surface area contributed by atoms with Crippen molar-refractivity contribution in [3.63, 3.8) is 0 Å². The minimum Gasteiger partial charge on any atom is -0.495 e. The van der Waals surface area contributed by atoms with Crippen LogP contribution in [0.1, 0.15) is 48.0 Å². The van der Waals surface area contributed by atoms with Gasteiger partial charge in [-0.05, 0) is 44.9 Å². The lowest BCUT2D eigenvalue weighted by Crippen LogP contribution is -2.42. The molecule has 180 valence electrons. The van der Waals surface area contributed by atoms with E-state index in [1.807, 2.05) is 38.1 Å². The third kappa shape index (κ3) is 4.97. The quantitative estimate of drug-likeness (QED) is 0.462. The van der Waals surface area contributed by atoms with Crippen molar-refractivity contribution >= 4 is 16.0 Å². The normalized spacial score (nSPS) is 16.9. The average Bonchev–Trinajstić information content (AvgIpc) is 3.31. The highest BCUT2D eigenvalue weighted by Gasteiger charge is 2.33. The maximum Gasteiger partial charge on any atom is 0.338 e. The second kappa shape index (κ2) is 9.94. The zero-order chi connectivity index (χ0) is 24.3. The predicted octanol–water partition coefficient (Wildman–Crippen LogP) is 3.97. The molecule has 34 heavy (non-hydrogen) atoms. The smallest absolute Gasteiger partial charge is 0.338 e. The zero-order valence-corrected chi connectivity index (χ0v) is 20.2. The third-order valence-corrected chi connectivity index (χ3v) is 7.87. The first-order chi connectivity index (χ1) is 16.3. The van der Waals surface area contributed by atoms with Gasteiger partial charge in [0.1, 0.15) is 10.6 Å². The number of sulfonamides is 1. The van der Waals surface area contributed by atoms with Gasteiger partial charge in [-0.2, -0.15) is 9.29 Å². The number of aromatic nitrogens is 2. The van der Waals surface area contributed by atoms with Gasteiger partial charge in [-0.3, -0.25) is 0 Å². The molecule has 1 aromatic heterocycles. The van der Waals surface area contributed by atoms with Crippen LogP contribution >= 0.6 is 0 Å². The van der Waals surface area contributed by atoms with Gasteiger partial charge in [0.15, 0.2) is 6.61 Å². The number of hydrogen-bond donors (Lipinski definition) is 0. The van der Waals surface area contributed by atoms with Crippen LogP contribution < -0.4 is 4.74 Å². The molecule has 0 spiro atoms. The van der Waals surface area contributed by atoms with E-state index in [1.165, 1.54) is 29.6 Å². The first-order valence-corrected chi connectivity index (χ1v) is 12.5. The Morgan fingerprint density at radius 2 is 1.94 bits per heavy atom. The van der Waals surface area contributed by atoms with E-state index >= 15 is 0 Å². The Morgan fingerprint density at radius 3 is 2.65 bits per heavy atom. The summed E-state index contributed by atoms with van der Waals surface area (Å²) >= 11 is 0. The first-order valence-electron chi connectivity index (χ1n) is 11.1. The lowest BCUT2D eigenvalue weighted by molar-refractivity contribution is 0.0429. The summed E-state index contributed by atoms with van der Waals surface area (Å²) in [4.78, 5) is 16.9. The summed E-state index contributed by atoms with van der Waals surface area (Å²) in [7, 11) is -2.45. The van der Waals surface area contributed by atoms with Crippen LogP contribution in [0.2, 0.25) is 0 Å². The zero-order valence-electron chi connectivity index (χ0n) is 19.4. The number of piperidine rings is 1. The predicted molar refractivity (Wildman–Crippen MR) is 124 cm³/mol. The van der Waals surface area contributed by atoms with Gasteiger partial charge in [-0.15, -0.1) is 0 Å². The Morgan fingerprint density at radius 1 is 1.18 bits per heavy atom. The molecule has 1 atom stereocenters. The van der Waals surface area contributed by atoms with Gasteiger partial charge < -0.3 is 14.0 Å². The molecular formula is C24H27N3O6S. The van der Waals surface area contributed by atoms with Crippen molar-refractivity contribution in [1.82, 2.24) is 14.4 Å². The standard InChI is InChI=1S/C24H27N3O6S/c1-16-7-9-18(10-8-16)23-25-22(33-26-23)15-32-24(28)19-11-12-20(31-3)21(14-19)34(29,30)27-13-5-4-6-17(27)2/h7-12,14,17H,4-6,13,15H2,1-3H3. The molecule has 3 aromatic rings. The second-order valence-corrected chi connectivity index (χ2v) is 10.1. The molecule has 2 heterocycles. The summed E-state index contributed by atoms with van der Waals surface area (Å²) in [6.45, 7) is 4.06. The lowest BCUT2D eigenvalue weighted by Gasteiger charge is -2.32. The van der Waals surface area contributed by atoms with E-state index in [-0.39, 0.29) is 34.7 Å². The Kier molecular flexibility index (Phi) is 6.99. The highest BCUT2D eigenvalue weighted by Crippen LogP contribution is 2.32. The molecule has 1 aliphatic rings. The van der Waals surface area contributed by atoms with Gasteiger partial charge in [-0.1, -0.05) is 41.4 Å². The van der Waals surface area contributed by atoms with E-state index < -0.39 is 16.0 Å². The van der Waals surface area contributed by atoms with Gasteiger partial charge in [0.05, 0.1) is 12.7 Å². The molecule has 0 aliphatic carbocycles. The van der Waals surface area contributed by atoms with Crippen molar-refractivity contribution in [2.45, 2.75) is 50.7 Å². The molecule has 0 bridgehead atoms. The largest absolute Gasteiger partial charge is 0.495 e. The number of carbonyl (C=O) groups is 1. The Labute approximate surface area is 198 Å². The molecule has 0 amide bonds. The Balaban J connectivity index is 1.50. The average molecular weight is 486 g/mol. The molecule has 10 heteroatoms. The maximum absolute atomic E-state index is 13.4. The van der Waals surface area contributed by atoms with Crippen molar-refractivity contribution in [2.75, 3.05) is 13.7 Å². The van der Waals surface area contributed by atoms with Crippen molar-refractivity contribution in [3.05, 3.63) is 59.5 Å². The van der Waals surface area contributed by atoms with E-state index in [4.69, 9.17) is 14.0 Å². The van der Waals surface area contributed by atoms with E-state index in [2.05, 4.69) is 10.1 Å². The highest BCUT2D eigenvalue weighted by molar-refractivity contribution is 7.89. The van der Waals surface area contributed by atoms with Gasteiger partial charge in [0, 0.05) is 18.2 Å². The SMILES string of the molecule is COc1ccc(C(=O)OCc2nc(-c3ccc(C)cc3)no2)cc1S(=O)(=O)N1CCCCC1C. The molecule has 1 aliphatic heterocycles. The molecule has 9 nitrogen and oxygen atoms in total. The van der Waals surface area contributed by atoms with Gasteiger partial charge in [0.2, 0.25) is 15.8 Å². The summed E-state index contributed by atoms with van der Waals surface area (Å²) in [6.07, 6.45) is 2.57. The second-order valence-electron chi connectivity index (χ2n) is 8.28. The topological polar surface area (TPSA) is 112 Å². The summed E-state index contributed by atoms with van der Waals surface area (Å²) in [5, 5.41) is 3.92. The van der Waals surface area contributed by atoms with Crippen LogP contribution in [0.3, 0.4) is 0 Å². The van der Waals surface area contributed by atoms with E-state index in [1.54, 1.807) is 0 Å². The van der Waals surface area contributed by atoms with Crippen LogP contribution in [0.4, 0.5) is 0 Å². The molecular weight excluding hydrogens is 458 g/mol. The molecule has 1 saturated heterocycles. The Bertz CT molecular complexity index is 1270. The number of benzene rings is 2. The lowest BCUT2D eigenvalue weighted by atomic mass is 10.1. The fraction of sp³-hybridized carbons (Fsp3) is 0.375. The van der Waals surface area contributed by atoms with Gasteiger partial charge >= 0.3 is 5.97 Å². The summed E-state index contributed by atoms with van der Waals surface area (Å²) in [6, 6.07) is 11.7. The van der Waals surface area contributed by atoms with Crippen molar-refractivity contribution in [2.24, 2.45) is 0 Å². The highest BCUT2D eigenvalue weighted by atomic mass is 32.2. The fourth-order valence-electron chi connectivity index (χ4n) is 3.90. The van der Waals surface area contributed by atoms with Crippen molar-refractivity contribution in [3.8, 4) is 17.1 Å². The van der Waals surface area contributed by atoms with Crippen LogP contribution in [0.5, 0.6) is 5.75 Å². The molecule has 0 saturated carbocycles. The van der Waals surface area contributed by atoms with Crippen molar-refractivity contribution < 1.29 is 27.2 Å². The molecule has 0 N–H and O–H groups in total. The number of nitrogens with zero attached hydrogens (tertiary/aromatic N) is 3. The summed E-state index contributed by atoms with van der Waals surface area (Å²) in [5.41, 5.74) is 1.98. The number of ether oxygens (including phenoxy) is 2. The third-order valence-electron chi connectivity index (χ3n) is 5.83. The van der Waals surface area contributed by atoms with Crippen LogP contribution in [0.25, 0.3) is 11.4 Å². The van der Waals surface area contributed by atoms with E-state index in [0.29, 0.717) is 12.4 Å². The van der Waals surface area contributed by atoms with Gasteiger partial charge in [-0.25, -0.2) is 13.2 Å². The van der Waals surface area contributed by atoms with E-state index in [9.17, 15) is 13.2 Å². The van der Waals surface area contributed by atoms with Crippen LogP contribution in [0, 0.1) is 6.92 Å².